The zero-order chi connectivity index (χ0) is 15.2. The average Bonchev–Trinajstić information content (AvgIpc) is 2.54. The lowest BCUT2D eigenvalue weighted by molar-refractivity contribution is -0.137. The minimum absolute atomic E-state index is 0.0418. The Hall–Kier alpha value is -1.69. The molecule has 1 atom stereocenters. The lowest BCUT2D eigenvalue weighted by atomic mass is 9.96. The molecule has 2 saturated heterocycles. The van der Waals surface area contributed by atoms with Crippen LogP contribution in [0.15, 0.2) is 0 Å². The third-order valence-electron chi connectivity index (χ3n) is 4.01. The number of amides is 2. The standard InChI is InChI=1S/C13H21N5O3/c14-7-11-8-17(5-6-21-11)9-12(19)18-3-1-10(2-4-18)13(20)16-15/h10-11H,1-6,8-9,15H2,(H,16,20). The zero-order valence-corrected chi connectivity index (χ0v) is 12.0. The van der Waals surface area contributed by atoms with E-state index >= 15 is 0 Å². The van der Waals surface area contributed by atoms with Gasteiger partial charge < -0.3 is 9.64 Å². The molecule has 0 aromatic rings. The van der Waals surface area contributed by atoms with Crippen LogP contribution in [0.25, 0.3) is 0 Å². The second-order valence-corrected chi connectivity index (χ2v) is 5.39. The van der Waals surface area contributed by atoms with Crippen molar-refractivity contribution in [3.05, 3.63) is 0 Å². The van der Waals surface area contributed by atoms with Gasteiger partial charge in [0.15, 0.2) is 6.10 Å². The number of nitrogens with one attached hydrogen (secondary N) is 1. The van der Waals surface area contributed by atoms with E-state index in [-0.39, 0.29) is 17.7 Å². The number of hydrazine groups is 1. The van der Waals surface area contributed by atoms with Gasteiger partial charge in [0.2, 0.25) is 11.8 Å². The van der Waals surface area contributed by atoms with Gasteiger partial charge >= 0.3 is 0 Å². The molecule has 8 heteroatoms. The number of ether oxygens (including phenoxy) is 1. The average molecular weight is 295 g/mol. The molecule has 0 radical (unpaired) electrons. The smallest absolute Gasteiger partial charge is 0.237 e. The fourth-order valence-corrected chi connectivity index (χ4v) is 2.72. The number of hydrogen-bond acceptors (Lipinski definition) is 6. The van der Waals surface area contributed by atoms with Crippen molar-refractivity contribution in [1.29, 1.82) is 5.26 Å². The van der Waals surface area contributed by atoms with E-state index in [1.54, 1.807) is 4.90 Å². The Morgan fingerprint density at radius 2 is 2.05 bits per heavy atom. The van der Waals surface area contributed by atoms with Gasteiger partial charge in [0.05, 0.1) is 19.2 Å². The number of carbonyl (C=O) groups is 2. The van der Waals surface area contributed by atoms with Crippen LogP contribution in [0.5, 0.6) is 0 Å². The van der Waals surface area contributed by atoms with Crippen LogP contribution in [0.4, 0.5) is 0 Å². The van der Waals surface area contributed by atoms with Gasteiger partial charge in [-0.1, -0.05) is 0 Å². The van der Waals surface area contributed by atoms with Crippen LogP contribution >= 0.6 is 0 Å². The van der Waals surface area contributed by atoms with Gasteiger partial charge in [-0.2, -0.15) is 5.26 Å². The Labute approximate surface area is 123 Å². The lowest BCUT2D eigenvalue weighted by Crippen LogP contribution is -2.50. The summed E-state index contributed by atoms with van der Waals surface area (Å²) in [4.78, 5) is 27.4. The Morgan fingerprint density at radius 3 is 2.67 bits per heavy atom. The number of carbonyl (C=O) groups excluding carboxylic acids is 2. The maximum atomic E-state index is 12.2. The van der Waals surface area contributed by atoms with Crippen molar-refractivity contribution in [3.8, 4) is 6.07 Å². The predicted octanol–water partition coefficient (Wildman–Crippen LogP) is -1.56. The maximum absolute atomic E-state index is 12.2. The van der Waals surface area contributed by atoms with E-state index in [1.807, 2.05) is 4.90 Å². The van der Waals surface area contributed by atoms with Crippen molar-refractivity contribution in [2.24, 2.45) is 11.8 Å². The summed E-state index contributed by atoms with van der Waals surface area (Å²) in [5.41, 5.74) is 2.16. The molecule has 8 nitrogen and oxygen atoms in total. The van der Waals surface area contributed by atoms with E-state index < -0.39 is 6.10 Å². The molecule has 116 valence electrons. The SMILES string of the molecule is N#CC1CN(CC(=O)N2CCC(C(=O)NN)CC2)CCO1. The van der Waals surface area contributed by atoms with E-state index in [0.717, 1.165) is 0 Å². The normalized spacial score (nSPS) is 24.4. The van der Waals surface area contributed by atoms with Gasteiger partial charge in [0.25, 0.3) is 0 Å². The highest BCUT2D eigenvalue weighted by molar-refractivity contribution is 5.80. The number of piperidine rings is 1. The van der Waals surface area contributed by atoms with Crippen LogP contribution in [0, 0.1) is 17.2 Å². The maximum Gasteiger partial charge on any atom is 0.237 e. The summed E-state index contributed by atoms with van der Waals surface area (Å²) in [6.45, 7) is 3.05. The van der Waals surface area contributed by atoms with E-state index in [0.29, 0.717) is 52.2 Å². The van der Waals surface area contributed by atoms with Gasteiger partial charge in [-0.25, -0.2) is 5.84 Å². The highest BCUT2D eigenvalue weighted by Gasteiger charge is 2.29. The number of nitrogens with two attached hydrogens (primary N) is 1. The number of hydrogen-bond donors (Lipinski definition) is 2. The monoisotopic (exact) mass is 295 g/mol. The van der Waals surface area contributed by atoms with Crippen LogP contribution in [-0.4, -0.2) is 67.0 Å². The zero-order valence-electron chi connectivity index (χ0n) is 12.0. The molecular weight excluding hydrogens is 274 g/mol. The molecule has 2 rings (SSSR count). The molecule has 0 aliphatic carbocycles. The number of morpholine rings is 1. The summed E-state index contributed by atoms with van der Waals surface area (Å²) < 4.78 is 5.25. The van der Waals surface area contributed by atoms with Gasteiger partial charge in [-0.15, -0.1) is 0 Å². The molecule has 0 aromatic carbocycles. The molecule has 3 N–H and O–H groups in total. The number of likely N-dealkylation sites (tertiary alicyclic amines) is 1. The molecule has 2 amide bonds. The van der Waals surface area contributed by atoms with Gasteiger partial charge in [0, 0.05) is 32.1 Å². The molecule has 21 heavy (non-hydrogen) atoms. The quantitative estimate of drug-likeness (QED) is 0.370. The highest BCUT2D eigenvalue weighted by Crippen LogP contribution is 2.17. The van der Waals surface area contributed by atoms with Crippen LogP contribution in [0.2, 0.25) is 0 Å². The molecule has 2 aliphatic heterocycles. The van der Waals surface area contributed by atoms with Crippen LogP contribution < -0.4 is 11.3 Å². The van der Waals surface area contributed by atoms with Gasteiger partial charge in [0.1, 0.15) is 0 Å². The van der Waals surface area contributed by atoms with Crippen molar-refractivity contribution in [3.63, 3.8) is 0 Å². The third kappa shape index (κ3) is 4.14. The van der Waals surface area contributed by atoms with E-state index in [9.17, 15) is 9.59 Å². The van der Waals surface area contributed by atoms with Crippen LogP contribution in [-0.2, 0) is 14.3 Å². The molecule has 0 saturated carbocycles. The first-order valence-corrected chi connectivity index (χ1v) is 7.16. The lowest BCUT2D eigenvalue weighted by Gasteiger charge is -2.34. The molecular formula is C13H21N5O3. The predicted molar refractivity (Wildman–Crippen MR) is 73.4 cm³/mol. The number of rotatable bonds is 3. The van der Waals surface area contributed by atoms with Crippen LogP contribution in [0.3, 0.4) is 0 Å². The van der Waals surface area contributed by atoms with Gasteiger partial charge in [-0.3, -0.25) is 19.9 Å². The summed E-state index contributed by atoms with van der Waals surface area (Å²) in [5.74, 6) is 4.90. The summed E-state index contributed by atoms with van der Waals surface area (Å²) in [6, 6.07) is 2.07. The topological polar surface area (TPSA) is 112 Å². The molecule has 0 bridgehead atoms. The summed E-state index contributed by atoms with van der Waals surface area (Å²) >= 11 is 0. The Balaban J connectivity index is 1.77. The van der Waals surface area contributed by atoms with Crippen molar-refractivity contribution in [2.45, 2.75) is 18.9 Å². The van der Waals surface area contributed by atoms with Crippen molar-refractivity contribution < 1.29 is 14.3 Å². The van der Waals surface area contributed by atoms with Crippen LogP contribution in [0.1, 0.15) is 12.8 Å². The largest absolute Gasteiger partial charge is 0.361 e. The van der Waals surface area contributed by atoms with Crippen molar-refractivity contribution in [2.75, 3.05) is 39.3 Å². The minimum Gasteiger partial charge on any atom is -0.361 e. The second-order valence-electron chi connectivity index (χ2n) is 5.39. The van der Waals surface area contributed by atoms with E-state index in [4.69, 9.17) is 15.8 Å². The molecule has 2 aliphatic rings. The van der Waals surface area contributed by atoms with E-state index in [2.05, 4.69) is 11.5 Å². The van der Waals surface area contributed by atoms with Crippen molar-refractivity contribution >= 4 is 11.8 Å². The Morgan fingerprint density at radius 1 is 1.33 bits per heavy atom. The Bertz CT molecular complexity index is 428. The molecule has 1 unspecified atom stereocenters. The fraction of sp³-hybridized carbons (Fsp3) is 0.769. The number of nitriles is 1. The highest BCUT2D eigenvalue weighted by atomic mass is 16.5. The first-order valence-electron chi connectivity index (χ1n) is 7.16. The summed E-state index contributed by atoms with van der Waals surface area (Å²) in [5, 5.41) is 8.85. The second kappa shape index (κ2) is 7.36. The van der Waals surface area contributed by atoms with Gasteiger partial charge in [-0.05, 0) is 12.8 Å². The molecule has 0 spiro atoms. The molecule has 2 heterocycles. The summed E-state index contributed by atoms with van der Waals surface area (Å²) in [6.07, 6.45) is 0.822. The first-order chi connectivity index (χ1) is 10.1. The summed E-state index contributed by atoms with van der Waals surface area (Å²) in [7, 11) is 0. The first kappa shape index (κ1) is 15.7. The molecule has 0 aromatic heterocycles. The Kier molecular flexibility index (Phi) is 5.50. The number of nitrogens with zero attached hydrogens (tertiary/aromatic N) is 3. The molecule has 2 fully saturated rings. The third-order valence-corrected chi connectivity index (χ3v) is 4.01. The van der Waals surface area contributed by atoms with E-state index in [1.165, 1.54) is 0 Å². The minimum atomic E-state index is -0.453. The van der Waals surface area contributed by atoms with Crippen molar-refractivity contribution in [1.82, 2.24) is 15.2 Å². The fourth-order valence-electron chi connectivity index (χ4n) is 2.72.